The van der Waals surface area contributed by atoms with Gasteiger partial charge in [-0.2, -0.15) is 13.2 Å². The van der Waals surface area contributed by atoms with Crippen LogP contribution in [0.4, 0.5) is 13.2 Å². The van der Waals surface area contributed by atoms with Crippen LogP contribution in [0.2, 0.25) is 5.02 Å². The van der Waals surface area contributed by atoms with Gasteiger partial charge in [0.25, 0.3) is 5.91 Å². The number of alkyl halides is 3. The minimum Gasteiger partial charge on any atom is -0.507 e. The average molecular weight is 348 g/mol. The van der Waals surface area contributed by atoms with E-state index in [4.69, 9.17) is 21.5 Å². The van der Waals surface area contributed by atoms with E-state index in [1.54, 1.807) is 0 Å². The molecule has 0 spiro atoms. The number of halogens is 4. The van der Waals surface area contributed by atoms with Crippen molar-refractivity contribution in [2.45, 2.75) is 6.18 Å². The van der Waals surface area contributed by atoms with Gasteiger partial charge in [-0.1, -0.05) is 11.6 Å². The van der Waals surface area contributed by atoms with Crippen LogP contribution in [0.1, 0.15) is 15.9 Å². The van der Waals surface area contributed by atoms with Gasteiger partial charge in [0.15, 0.2) is 0 Å². The molecule has 2 aromatic carbocycles. The Bertz CT molecular complexity index is 749. The van der Waals surface area contributed by atoms with Crippen molar-refractivity contribution in [1.29, 1.82) is 0 Å². The smallest absolute Gasteiger partial charge is 0.416 e. The molecule has 122 valence electrons. The van der Waals surface area contributed by atoms with E-state index < -0.39 is 23.4 Å². The number of phenolic OH excluding ortho intramolecular Hbond substituents is 1. The van der Waals surface area contributed by atoms with Gasteiger partial charge in [0.05, 0.1) is 16.1 Å². The van der Waals surface area contributed by atoms with Crippen LogP contribution >= 0.6 is 11.6 Å². The van der Waals surface area contributed by atoms with Crippen LogP contribution in [0.3, 0.4) is 0 Å². The van der Waals surface area contributed by atoms with Gasteiger partial charge in [-0.05, 0) is 36.4 Å². The number of hydrogen-bond donors (Lipinski definition) is 3. The molecule has 2 aromatic rings. The summed E-state index contributed by atoms with van der Waals surface area (Å²) in [7, 11) is 0. The first kappa shape index (κ1) is 16.9. The number of nitrogens with one attached hydrogen (secondary N) is 1. The van der Waals surface area contributed by atoms with Crippen molar-refractivity contribution in [1.82, 2.24) is 5.48 Å². The van der Waals surface area contributed by atoms with Gasteiger partial charge in [0.1, 0.15) is 17.2 Å². The van der Waals surface area contributed by atoms with Gasteiger partial charge in [-0.3, -0.25) is 10.0 Å². The molecule has 5 nitrogen and oxygen atoms in total. The number of ether oxygens (including phenoxy) is 1. The van der Waals surface area contributed by atoms with E-state index in [1.807, 2.05) is 0 Å². The molecule has 0 radical (unpaired) electrons. The molecule has 0 unspecified atom stereocenters. The van der Waals surface area contributed by atoms with Gasteiger partial charge >= 0.3 is 6.18 Å². The highest BCUT2D eigenvalue weighted by Gasteiger charge is 2.31. The predicted molar refractivity (Wildman–Crippen MR) is 73.9 cm³/mol. The Morgan fingerprint density at radius 3 is 2.43 bits per heavy atom. The number of phenols is 1. The molecule has 0 aromatic heterocycles. The quantitative estimate of drug-likeness (QED) is 0.579. The van der Waals surface area contributed by atoms with Crippen molar-refractivity contribution < 1.29 is 33.0 Å². The number of benzene rings is 2. The Kier molecular flexibility index (Phi) is 4.67. The second-order valence-corrected chi connectivity index (χ2v) is 4.77. The molecular formula is C14H9ClF3NO4. The summed E-state index contributed by atoms with van der Waals surface area (Å²) in [6, 6.07) is 6.02. The maximum Gasteiger partial charge on any atom is 0.416 e. The highest BCUT2D eigenvalue weighted by molar-refractivity contribution is 6.32. The lowest BCUT2D eigenvalue weighted by Gasteiger charge is -2.12. The monoisotopic (exact) mass is 347 g/mol. The van der Waals surface area contributed by atoms with Crippen LogP contribution in [0, 0.1) is 0 Å². The van der Waals surface area contributed by atoms with Crippen LogP contribution in [0.5, 0.6) is 17.2 Å². The largest absolute Gasteiger partial charge is 0.507 e. The first-order valence-corrected chi connectivity index (χ1v) is 6.42. The third-order valence-corrected chi connectivity index (χ3v) is 3.10. The van der Waals surface area contributed by atoms with Crippen molar-refractivity contribution in [3.8, 4) is 17.2 Å². The standard InChI is InChI=1S/C14H9ClF3NO4/c15-10-5-7(14(16,17)18)1-4-12(10)23-8-2-3-11(20)9(6-8)13(21)19-22/h1-6,20,22H,(H,19,21). The summed E-state index contributed by atoms with van der Waals surface area (Å²) >= 11 is 5.75. The molecule has 0 bridgehead atoms. The van der Waals surface area contributed by atoms with Crippen LogP contribution < -0.4 is 10.2 Å². The number of carbonyl (C=O) groups excluding carboxylic acids is 1. The summed E-state index contributed by atoms with van der Waals surface area (Å²) in [5, 5.41) is 17.8. The summed E-state index contributed by atoms with van der Waals surface area (Å²) in [5.41, 5.74) is 0.129. The average Bonchev–Trinajstić information content (AvgIpc) is 2.49. The summed E-state index contributed by atoms with van der Waals surface area (Å²) in [6.07, 6.45) is -4.53. The molecule has 0 aliphatic carbocycles. The maximum absolute atomic E-state index is 12.6. The lowest BCUT2D eigenvalue weighted by atomic mass is 10.1. The molecule has 0 heterocycles. The first-order chi connectivity index (χ1) is 10.7. The highest BCUT2D eigenvalue weighted by Crippen LogP contribution is 2.37. The SMILES string of the molecule is O=C(NO)c1cc(Oc2ccc(C(F)(F)F)cc2Cl)ccc1O. The Morgan fingerprint density at radius 2 is 1.87 bits per heavy atom. The minimum absolute atomic E-state index is 0.0306. The summed E-state index contributed by atoms with van der Waals surface area (Å²) < 4.78 is 43.0. The zero-order valence-electron chi connectivity index (χ0n) is 11.2. The van der Waals surface area contributed by atoms with Gasteiger partial charge in [-0.25, -0.2) is 5.48 Å². The molecule has 9 heteroatoms. The number of amides is 1. The summed E-state index contributed by atoms with van der Waals surface area (Å²) in [6.45, 7) is 0. The van der Waals surface area contributed by atoms with E-state index in [9.17, 15) is 23.1 Å². The van der Waals surface area contributed by atoms with E-state index in [0.717, 1.165) is 24.3 Å². The number of carbonyl (C=O) groups is 1. The van der Waals surface area contributed by atoms with Gasteiger partial charge in [0.2, 0.25) is 0 Å². The van der Waals surface area contributed by atoms with Crippen molar-refractivity contribution in [2.75, 3.05) is 0 Å². The van der Waals surface area contributed by atoms with Crippen molar-refractivity contribution in [2.24, 2.45) is 0 Å². The molecule has 3 N–H and O–H groups in total. The molecule has 0 fully saturated rings. The van der Waals surface area contributed by atoms with Gasteiger partial charge < -0.3 is 9.84 Å². The fraction of sp³-hybridized carbons (Fsp3) is 0.0714. The Morgan fingerprint density at radius 1 is 1.17 bits per heavy atom. The zero-order valence-corrected chi connectivity index (χ0v) is 11.9. The molecule has 0 aliphatic heterocycles. The van der Waals surface area contributed by atoms with E-state index in [1.165, 1.54) is 11.5 Å². The van der Waals surface area contributed by atoms with Crippen molar-refractivity contribution in [3.05, 3.63) is 52.5 Å². The molecule has 23 heavy (non-hydrogen) atoms. The number of hydroxylamine groups is 1. The number of hydrogen-bond acceptors (Lipinski definition) is 4. The highest BCUT2D eigenvalue weighted by atomic mass is 35.5. The lowest BCUT2D eigenvalue weighted by Crippen LogP contribution is -2.18. The van der Waals surface area contributed by atoms with E-state index in [2.05, 4.69) is 0 Å². The van der Waals surface area contributed by atoms with Gasteiger partial charge in [-0.15, -0.1) is 0 Å². The van der Waals surface area contributed by atoms with Crippen LogP contribution in [0.25, 0.3) is 0 Å². The van der Waals surface area contributed by atoms with Crippen LogP contribution in [-0.4, -0.2) is 16.2 Å². The molecular weight excluding hydrogens is 339 g/mol. The normalized spacial score (nSPS) is 11.2. The molecule has 2 rings (SSSR count). The van der Waals surface area contributed by atoms with E-state index in [-0.39, 0.29) is 22.1 Å². The third kappa shape index (κ3) is 3.85. The molecule has 0 atom stereocenters. The Hall–Kier alpha value is -2.45. The fourth-order valence-corrected chi connectivity index (χ4v) is 1.93. The molecule has 0 saturated heterocycles. The molecule has 1 amide bonds. The summed E-state index contributed by atoms with van der Waals surface area (Å²) in [4.78, 5) is 11.3. The van der Waals surface area contributed by atoms with E-state index in [0.29, 0.717) is 6.07 Å². The van der Waals surface area contributed by atoms with Crippen LogP contribution in [-0.2, 0) is 6.18 Å². The van der Waals surface area contributed by atoms with Crippen LogP contribution in [0.15, 0.2) is 36.4 Å². The van der Waals surface area contributed by atoms with E-state index >= 15 is 0 Å². The summed E-state index contributed by atoms with van der Waals surface area (Å²) in [5.74, 6) is -1.43. The first-order valence-electron chi connectivity index (χ1n) is 6.04. The Balaban J connectivity index is 2.31. The predicted octanol–water partition coefficient (Wildman–Crippen LogP) is 3.98. The molecule has 0 aliphatic rings. The lowest BCUT2D eigenvalue weighted by molar-refractivity contribution is -0.137. The second kappa shape index (κ2) is 6.35. The second-order valence-electron chi connectivity index (χ2n) is 4.36. The fourth-order valence-electron chi connectivity index (χ4n) is 1.71. The minimum atomic E-state index is -4.53. The topological polar surface area (TPSA) is 78.8 Å². The maximum atomic E-state index is 12.6. The molecule has 0 saturated carbocycles. The third-order valence-electron chi connectivity index (χ3n) is 2.80. The van der Waals surface area contributed by atoms with Crippen molar-refractivity contribution in [3.63, 3.8) is 0 Å². The van der Waals surface area contributed by atoms with Crippen molar-refractivity contribution >= 4 is 17.5 Å². The zero-order chi connectivity index (χ0) is 17.2. The number of aromatic hydroxyl groups is 1. The Labute approximate surface area is 132 Å². The van der Waals surface area contributed by atoms with Gasteiger partial charge in [0, 0.05) is 0 Å². The number of rotatable bonds is 3.